The van der Waals surface area contributed by atoms with Crippen LogP contribution in [-0.2, 0) is 4.79 Å². The van der Waals surface area contributed by atoms with Gasteiger partial charge in [-0.3, -0.25) is 0 Å². The molecule has 0 unspecified atom stereocenters. The Morgan fingerprint density at radius 1 is 1.08 bits per heavy atom. The molecule has 0 saturated carbocycles. The number of hydrogen-bond acceptors (Lipinski definition) is 6. The monoisotopic (exact) mass is 182 g/mol. The molecule has 4 atom stereocenters. The first-order valence-corrected chi connectivity index (χ1v) is 3.33. The highest BCUT2D eigenvalue weighted by atomic mass is 16.4. The van der Waals surface area contributed by atoms with Crippen LogP contribution >= 0.6 is 0 Å². The molecule has 0 aliphatic carbocycles. The first-order chi connectivity index (χ1) is 5.54. The molecule has 72 valence electrons. The van der Waals surface area contributed by atoms with Gasteiger partial charge in [0.05, 0.1) is 6.61 Å². The van der Waals surface area contributed by atoms with Crippen LogP contribution in [0.5, 0.6) is 0 Å². The first-order valence-electron chi connectivity index (χ1n) is 3.33. The van der Waals surface area contributed by atoms with Gasteiger partial charge in [0, 0.05) is 0 Å². The van der Waals surface area contributed by atoms with Gasteiger partial charge < -0.3 is 30.3 Å². The summed E-state index contributed by atoms with van der Waals surface area (Å²) in [6, 6.07) is 0. The number of carbonyl (C=O) groups excluding carboxylic acids is 1. The Balaban J connectivity index is 4.07. The molecule has 0 spiro atoms. The number of aliphatic hydroxyl groups excluding tert-OH is 5. The average molecular weight is 182 g/mol. The topological polar surface area (TPSA) is 118 Å². The molecular formula is C6H12O6. The molecule has 5 N–H and O–H groups in total. The maximum Gasteiger partial charge on any atom is 0.151 e. The third-order valence-corrected chi connectivity index (χ3v) is 1.42. The quantitative estimate of drug-likeness (QED) is 0.283. The molecule has 0 rings (SSSR count). The zero-order valence-corrected chi connectivity index (χ0v) is 6.24. The molecule has 12 heavy (non-hydrogen) atoms. The second-order valence-corrected chi connectivity index (χ2v) is 2.36. The third kappa shape index (κ3) is 2.84. The Hall–Kier alpha value is -0.530. The van der Waals surface area contributed by atoms with Gasteiger partial charge >= 0.3 is 0 Å². The molecule has 0 heterocycles. The second-order valence-electron chi connectivity index (χ2n) is 2.36. The van der Waals surface area contributed by atoms with Crippen molar-refractivity contribution >= 4 is 6.29 Å². The first kappa shape index (κ1) is 11.5. The number of aldehydes is 1. The molecule has 6 nitrogen and oxygen atoms in total. The van der Waals surface area contributed by atoms with Gasteiger partial charge in [0.15, 0.2) is 6.29 Å². The number of rotatable bonds is 5. The summed E-state index contributed by atoms with van der Waals surface area (Å²) in [6.45, 7) is -0.760. The Morgan fingerprint density at radius 2 is 1.58 bits per heavy atom. The van der Waals surface area contributed by atoms with Crippen LogP contribution in [0.15, 0.2) is 0 Å². The van der Waals surface area contributed by atoms with E-state index in [0.29, 0.717) is 0 Å². The molecule has 0 radical (unpaired) electrons. The molecule has 0 saturated heterocycles. The minimum absolute atomic E-state index is 0.0258. The third-order valence-electron chi connectivity index (χ3n) is 1.42. The van der Waals surface area contributed by atoms with Crippen molar-refractivity contribution in [3.8, 4) is 0 Å². The van der Waals surface area contributed by atoms with Gasteiger partial charge in [-0.05, 0) is 0 Å². The second kappa shape index (κ2) is 5.18. The lowest BCUT2D eigenvalue weighted by Gasteiger charge is -2.22. The van der Waals surface area contributed by atoms with Gasteiger partial charge in [-0.2, -0.15) is 0 Å². The molecule has 0 bridgehead atoms. The standard InChI is InChI=1S/C6H12O6/c7-1-3(9)5(11)6(12)4(10)2-8/h1,3-6,8-12H,2H2/t3-,4+,5+,6+/m1/s1/i1+2. The van der Waals surface area contributed by atoms with E-state index in [4.69, 9.17) is 25.5 Å². The van der Waals surface area contributed by atoms with Crippen LogP contribution in [0, 0.1) is 0 Å². The molecule has 0 aromatic carbocycles. The lowest BCUT2D eigenvalue weighted by molar-refractivity contribution is -0.136. The predicted molar refractivity (Wildman–Crippen MR) is 37.2 cm³/mol. The summed E-state index contributed by atoms with van der Waals surface area (Å²) in [7, 11) is 0. The van der Waals surface area contributed by atoms with Crippen molar-refractivity contribution in [2.75, 3.05) is 6.61 Å². The van der Waals surface area contributed by atoms with E-state index in [0.717, 1.165) is 0 Å². The van der Waals surface area contributed by atoms with E-state index in [2.05, 4.69) is 0 Å². The van der Waals surface area contributed by atoms with Crippen molar-refractivity contribution in [1.29, 1.82) is 0 Å². The van der Waals surface area contributed by atoms with Crippen molar-refractivity contribution in [2.24, 2.45) is 0 Å². The minimum Gasteiger partial charge on any atom is -0.394 e. The highest BCUT2D eigenvalue weighted by Gasteiger charge is 2.29. The number of carbonyl (C=O) groups is 1. The van der Waals surface area contributed by atoms with E-state index >= 15 is 0 Å². The highest BCUT2D eigenvalue weighted by molar-refractivity contribution is 5.56. The van der Waals surface area contributed by atoms with E-state index in [-0.39, 0.29) is 6.29 Å². The Kier molecular flexibility index (Phi) is 4.95. The Morgan fingerprint density at radius 3 is 1.92 bits per heavy atom. The molecule has 0 aromatic rings. The molecule has 0 aliphatic rings. The largest absolute Gasteiger partial charge is 0.394 e. The number of aliphatic hydroxyl groups is 5. The van der Waals surface area contributed by atoms with Crippen molar-refractivity contribution in [3.05, 3.63) is 0 Å². The SMILES string of the molecule is O=[14CH][C@@H](O)[C@H](O)[C@@H](O)[C@@H](O)CO. The number of hydrogen-bond donors (Lipinski definition) is 5. The van der Waals surface area contributed by atoms with Gasteiger partial charge in [0.1, 0.15) is 24.4 Å². The van der Waals surface area contributed by atoms with Crippen LogP contribution in [0.2, 0.25) is 0 Å². The fourth-order valence-corrected chi connectivity index (χ4v) is 0.618. The normalized spacial score (nSPS) is 21.1. The predicted octanol–water partition coefficient (Wildman–Crippen LogP) is -3.38. The van der Waals surface area contributed by atoms with Crippen LogP contribution in [0.25, 0.3) is 0 Å². The average Bonchev–Trinajstić information content (AvgIpc) is 2.12. The Labute approximate surface area is 68.7 Å². The van der Waals surface area contributed by atoms with Gasteiger partial charge in [0.2, 0.25) is 0 Å². The maximum absolute atomic E-state index is 9.90. The molecule has 0 fully saturated rings. The summed E-state index contributed by atoms with van der Waals surface area (Å²) in [6.07, 6.45) is -6.84. The van der Waals surface area contributed by atoms with Crippen LogP contribution in [-0.4, -0.2) is 62.8 Å². The van der Waals surface area contributed by atoms with Crippen LogP contribution in [0.4, 0.5) is 0 Å². The molecule has 0 aliphatic heterocycles. The van der Waals surface area contributed by atoms with E-state index in [1.807, 2.05) is 0 Å². The van der Waals surface area contributed by atoms with Crippen molar-refractivity contribution in [3.63, 3.8) is 0 Å². The fourth-order valence-electron chi connectivity index (χ4n) is 0.618. The van der Waals surface area contributed by atoms with Gasteiger partial charge in [-0.25, -0.2) is 0 Å². The van der Waals surface area contributed by atoms with Gasteiger partial charge in [-0.1, -0.05) is 0 Å². The smallest absolute Gasteiger partial charge is 0.151 e. The van der Waals surface area contributed by atoms with Crippen LogP contribution in [0.1, 0.15) is 0 Å². The Bertz CT molecular complexity index is 138. The zero-order chi connectivity index (χ0) is 9.72. The van der Waals surface area contributed by atoms with E-state index in [9.17, 15) is 4.79 Å². The molecule has 0 amide bonds. The molecule has 6 heteroatoms. The van der Waals surface area contributed by atoms with Crippen molar-refractivity contribution in [1.82, 2.24) is 0 Å². The lowest BCUT2D eigenvalue weighted by Crippen LogP contribution is -2.46. The van der Waals surface area contributed by atoms with E-state index in [1.165, 1.54) is 0 Å². The van der Waals surface area contributed by atoms with Crippen molar-refractivity contribution < 1.29 is 30.3 Å². The highest BCUT2D eigenvalue weighted by Crippen LogP contribution is 2.02. The van der Waals surface area contributed by atoms with E-state index in [1.54, 1.807) is 0 Å². The summed E-state index contributed by atoms with van der Waals surface area (Å²) >= 11 is 0. The summed E-state index contributed by atoms with van der Waals surface area (Å²) in [5, 5.41) is 43.5. The summed E-state index contributed by atoms with van der Waals surface area (Å²) < 4.78 is 0. The maximum atomic E-state index is 9.90. The summed E-state index contributed by atoms with van der Waals surface area (Å²) in [5.41, 5.74) is 0. The summed E-state index contributed by atoms with van der Waals surface area (Å²) in [4.78, 5) is 9.90. The fraction of sp³-hybridized carbons (Fsp3) is 0.833. The van der Waals surface area contributed by atoms with Crippen LogP contribution < -0.4 is 0 Å². The molecular weight excluding hydrogens is 170 g/mol. The van der Waals surface area contributed by atoms with E-state index < -0.39 is 31.0 Å². The zero-order valence-electron chi connectivity index (χ0n) is 6.24. The van der Waals surface area contributed by atoms with Gasteiger partial charge in [-0.15, -0.1) is 0 Å². The van der Waals surface area contributed by atoms with Crippen molar-refractivity contribution in [2.45, 2.75) is 24.4 Å². The lowest BCUT2D eigenvalue weighted by atomic mass is 10.1. The van der Waals surface area contributed by atoms with Crippen LogP contribution in [0.3, 0.4) is 0 Å². The summed E-state index contributed by atoms with van der Waals surface area (Å²) in [5.74, 6) is 0. The minimum atomic E-state index is -1.79. The molecule has 0 aromatic heterocycles. The van der Waals surface area contributed by atoms with Gasteiger partial charge in [0.25, 0.3) is 0 Å².